The van der Waals surface area contributed by atoms with Crippen molar-refractivity contribution in [2.24, 2.45) is 0 Å². The van der Waals surface area contributed by atoms with Gasteiger partial charge >= 0.3 is 5.97 Å². The molecule has 0 radical (unpaired) electrons. The largest absolute Gasteiger partial charge is 0.477 e. The van der Waals surface area contributed by atoms with Crippen LogP contribution in [0.15, 0.2) is 48.8 Å². The van der Waals surface area contributed by atoms with Crippen molar-refractivity contribution in [2.75, 3.05) is 5.32 Å². The molecule has 0 aliphatic rings. The van der Waals surface area contributed by atoms with E-state index in [1.165, 1.54) is 18.3 Å². The Kier molecular flexibility index (Phi) is 3.12. The predicted molar refractivity (Wildman–Crippen MR) is 77.4 cm³/mol. The maximum Gasteiger partial charge on any atom is 0.354 e. The number of hydrogen-bond donors (Lipinski definition) is 3. The van der Waals surface area contributed by atoms with Gasteiger partial charge in [0.05, 0.1) is 17.4 Å². The highest BCUT2D eigenvalue weighted by atomic mass is 16.4. The van der Waals surface area contributed by atoms with E-state index in [-0.39, 0.29) is 11.6 Å². The molecule has 3 N–H and O–H groups in total. The summed E-state index contributed by atoms with van der Waals surface area (Å²) in [5.74, 6) is -1.39. The van der Waals surface area contributed by atoms with Gasteiger partial charge in [0, 0.05) is 17.1 Å². The third kappa shape index (κ3) is 2.46. The molecular weight excluding hydrogens is 270 g/mol. The van der Waals surface area contributed by atoms with Gasteiger partial charge in [-0.1, -0.05) is 18.2 Å². The van der Waals surface area contributed by atoms with Gasteiger partial charge in [-0.25, -0.2) is 9.78 Å². The van der Waals surface area contributed by atoms with E-state index in [9.17, 15) is 9.59 Å². The molecule has 0 spiro atoms. The highest BCUT2D eigenvalue weighted by molar-refractivity contribution is 6.12. The van der Waals surface area contributed by atoms with E-state index in [1.807, 2.05) is 24.3 Å². The van der Waals surface area contributed by atoms with E-state index in [1.54, 1.807) is 6.20 Å². The number of carbonyl (C=O) groups is 2. The molecule has 0 bridgehead atoms. The second kappa shape index (κ2) is 5.09. The summed E-state index contributed by atoms with van der Waals surface area (Å²) in [6.07, 6.45) is 2.95. The molecule has 3 aromatic rings. The predicted octanol–water partition coefficient (Wildman–Crippen LogP) is 2.51. The molecule has 6 nitrogen and oxygen atoms in total. The summed E-state index contributed by atoms with van der Waals surface area (Å²) >= 11 is 0. The zero-order valence-corrected chi connectivity index (χ0v) is 10.8. The third-order valence-corrected chi connectivity index (χ3v) is 3.07. The van der Waals surface area contributed by atoms with Gasteiger partial charge in [0.2, 0.25) is 0 Å². The Morgan fingerprint density at radius 1 is 1.14 bits per heavy atom. The highest BCUT2D eigenvalue weighted by Crippen LogP contribution is 2.19. The fourth-order valence-electron chi connectivity index (χ4n) is 2.05. The van der Waals surface area contributed by atoms with E-state index < -0.39 is 5.97 Å². The van der Waals surface area contributed by atoms with Crippen LogP contribution in [-0.4, -0.2) is 27.0 Å². The number of pyridine rings is 1. The van der Waals surface area contributed by atoms with Crippen LogP contribution >= 0.6 is 0 Å². The molecule has 0 saturated carbocycles. The van der Waals surface area contributed by atoms with Crippen LogP contribution in [-0.2, 0) is 0 Å². The van der Waals surface area contributed by atoms with Crippen LogP contribution in [0.4, 0.5) is 5.69 Å². The van der Waals surface area contributed by atoms with Crippen molar-refractivity contribution in [1.29, 1.82) is 0 Å². The molecule has 3 rings (SSSR count). The first-order chi connectivity index (χ1) is 10.1. The van der Waals surface area contributed by atoms with Gasteiger partial charge in [-0.15, -0.1) is 0 Å². The molecule has 1 amide bonds. The molecule has 6 heteroatoms. The fraction of sp³-hybridized carbons (Fsp3) is 0. The number of rotatable bonds is 3. The Labute approximate surface area is 119 Å². The molecule has 0 aliphatic carbocycles. The van der Waals surface area contributed by atoms with Crippen molar-refractivity contribution in [3.63, 3.8) is 0 Å². The Hall–Kier alpha value is -3.15. The molecule has 0 fully saturated rings. The molecule has 0 aliphatic heterocycles. The lowest BCUT2D eigenvalue weighted by atomic mass is 10.1. The summed E-state index contributed by atoms with van der Waals surface area (Å²) in [6.45, 7) is 0. The maximum atomic E-state index is 12.2. The number of hydrogen-bond acceptors (Lipinski definition) is 3. The van der Waals surface area contributed by atoms with Gasteiger partial charge in [-0.05, 0) is 18.2 Å². The minimum absolute atomic E-state index is 0.0694. The van der Waals surface area contributed by atoms with Gasteiger partial charge in [0.15, 0.2) is 0 Å². The number of aromatic carboxylic acids is 1. The van der Waals surface area contributed by atoms with Crippen LogP contribution in [0, 0.1) is 0 Å². The molecule has 0 atom stereocenters. The third-order valence-electron chi connectivity index (χ3n) is 3.07. The molecule has 0 unspecified atom stereocenters. The SMILES string of the molecule is O=C(O)c1ccc(NC(=O)c2c[nH]c3ccccc23)cn1. The Bertz CT molecular complexity index is 822. The Balaban J connectivity index is 1.84. The van der Waals surface area contributed by atoms with Crippen molar-refractivity contribution in [2.45, 2.75) is 0 Å². The molecule has 0 saturated heterocycles. The number of nitrogens with one attached hydrogen (secondary N) is 2. The number of amides is 1. The van der Waals surface area contributed by atoms with Crippen LogP contribution in [0.3, 0.4) is 0 Å². The standard InChI is InChI=1S/C15H11N3O3/c19-14(11-8-17-12-4-2-1-3-10(11)12)18-9-5-6-13(15(20)21)16-7-9/h1-8,17H,(H,18,19)(H,20,21). The Morgan fingerprint density at radius 3 is 2.67 bits per heavy atom. The number of aromatic nitrogens is 2. The maximum absolute atomic E-state index is 12.2. The van der Waals surface area contributed by atoms with Crippen molar-refractivity contribution in [3.05, 3.63) is 60.0 Å². The zero-order valence-electron chi connectivity index (χ0n) is 10.8. The van der Waals surface area contributed by atoms with Crippen LogP contribution in [0.2, 0.25) is 0 Å². The van der Waals surface area contributed by atoms with E-state index in [0.29, 0.717) is 11.3 Å². The quantitative estimate of drug-likeness (QED) is 0.687. The first-order valence-corrected chi connectivity index (χ1v) is 6.22. The average molecular weight is 281 g/mol. The van der Waals surface area contributed by atoms with Crippen molar-refractivity contribution < 1.29 is 14.7 Å². The van der Waals surface area contributed by atoms with Gasteiger partial charge in [-0.2, -0.15) is 0 Å². The minimum atomic E-state index is -1.11. The smallest absolute Gasteiger partial charge is 0.354 e. The van der Waals surface area contributed by atoms with E-state index in [2.05, 4.69) is 15.3 Å². The molecule has 21 heavy (non-hydrogen) atoms. The minimum Gasteiger partial charge on any atom is -0.477 e. The summed E-state index contributed by atoms with van der Waals surface area (Å²) in [5.41, 5.74) is 1.77. The number of carboxylic acids is 1. The fourth-order valence-corrected chi connectivity index (χ4v) is 2.05. The normalized spacial score (nSPS) is 10.5. The molecule has 104 valence electrons. The Morgan fingerprint density at radius 2 is 1.95 bits per heavy atom. The summed E-state index contributed by atoms with van der Waals surface area (Å²) in [4.78, 5) is 29.7. The lowest BCUT2D eigenvalue weighted by Gasteiger charge is -2.04. The lowest BCUT2D eigenvalue weighted by molar-refractivity contribution is 0.0690. The van der Waals surface area contributed by atoms with Gasteiger partial charge in [0.1, 0.15) is 5.69 Å². The van der Waals surface area contributed by atoms with Crippen molar-refractivity contribution in [1.82, 2.24) is 9.97 Å². The molecule has 1 aromatic carbocycles. The topological polar surface area (TPSA) is 95.1 Å². The number of aromatic amines is 1. The second-order valence-electron chi connectivity index (χ2n) is 4.44. The van der Waals surface area contributed by atoms with Crippen LogP contribution < -0.4 is 5.32 Å². The number of carbonyl (C=O) groups excluding carboxylic acids is 1. The van der Waals surface area contributed by atoms with Gasteiger partial charge in [-0.3, -0.25) is 4.79 Å². The number of benzene rings is 1. The van der Waals surface area contributed by atoms with Crippen LogP contribution in [0.1, 0.15) is 20.8 Å². The monoisotopic (exact) mass is 281 g/mol. The van der Waals surface area contributed by atoms with Crippen molar-refractivity contribution >= 4 is 28.5 Å². The summed E-state index contributed by atoms with van der Waals surface area (Å²) < 4.78 is 0. The van der Waals surface area contributed by atoms with Gasteiger partial charge < -0.3 is 15.4 Å². The van der Waals surface area contributed by atoms with E-state index in [4.69, 9.17) is 5.11 Å². The number of nitrogens with zero attached hydrogens (tertiary/aromatic N) is 1. The molecule has 2 aromatic heterocycles. The average Bonchev–Trinajstić information content (AvgIpc) is 2.92. The first kappa shape index (κ1) is 12.9. The molecular formula is C15H11N3O3. The number of H-pyrrole nitrogens is 1. The number of para-hydroxylation sites is 1. The summed E-state index contributed by atoms with van der Waals surface area (Å²) in [5, 5.41) is 12.3. The van der Waals surface area contributed by atoms with E-state index in [0.717, 1.165) is 10.9 Å². The molecule has 2 heterocycles. The van der Waals surface area contributed by atoms with Crippen LogP contribution in [0.25, 0.3) is 10.9 Å². The highest BCUT2D eigenvalue weighted by Gasteiger charge is 2.12. The van der Waals surface area contributed by atoms with Crippen LogP contribution in [0.5, 0.6) is 0 Å². The summed E-state index contributed by atoms with van der Waals surface area (Å²) in [6, 6.07) is 10.3. The lowest BCUT2D eigenvalue weighted by Crippen LogP contribution is -2.12. The van der Waals surface area contributed by atoms with Gasteiger partial charge in [0.25, 0.3) is 5.91 Å². The summed E-state index contributed by atoms with van der Waals surface area (Å²) in [7, 11) is 0. The number of fused-ring (bicyclic) bond motifs is 1. The number of anilines is 1. The second-order valence-corrected chi connectivity index (χ2v) is 4.44. The first-order valence-electron chi connectivity index (χ1n) is 6.22. The van der Waals surface area contributed by atoms with Crippen molar-refractivity contribution in [3.8, 4) is 0 Å². The zero-order chi connectivity index (χ0) is 14.8. The number of carboxylic acid groups (broad SMARTS) is 1. The van der Waals surface area contributed by atoms with E-state index >= 15 is 0 Å².